The summed E-state index contributed by atoms with van der Waals surface area (Å²) in [4.78, 5) is 25.5. The summed E-state index contributed by atoms with van der Waals surface area (Å²) in [6.07, 6.45) is 1.07. The topological polar surface area (TPSA) is 82.9 Å². The van der Waals surface area contributed by atoms with Crippen LogP contribution >= 0.6 is 0 Å². The lowest BCUT2D eigenvalue weighted by Crippen LogP contribution is -2.36. The van der Waals surface area contributed by atoms with Gasteiger partial charge in [0.1, 0.15) is 11.5 Å². The molecule has 0 spiro atoms. The number of methoxy groups -OCH3 is 2. The summed E-state index contributed by atoms with van der Waals surface area (Å²) >= 11 is 0. The number of rotatable bonds is 4. The largest absolute Gasteiger partial charge is 0.491 e. The third-order valence-corrected chi connectivity index (χ3v) is 4.10. The highest BCUT2D eigenvalue weighted by Crippen LogP contribution is 2.26. The van der Waals surface area contributed by atoms with Crippen LogP contribution in [0.3, 0.4) is 0 Å². The second-order valence-corrected chi connectivity index (χ2v) is 5.67. The first-order chi connectivity index (χ1) is 13.0. The van der Waals surface area contributed by atoms with Gasteiger partial charge in [0.25, 0.3) is 5.43 Å². The fourth-order valence-electron chi connectivity index (χ4n) is 2.72. The minimum absolute atomic E-state index is 0.0979. The highest BCUT2D eigenvalue weighted by Gasteiger charge is 2.22. The van der Waals surface area contributed by atoms with Gasteiger partial charge in [-0.3, -0.25) is 4.79 Å². The molecule has 27 heavy (non-hydrogen) atoms. The molecule has 10 heteroatoms. The number of carbonyl (C=O) groups is 1. The van der Waals surface area contributed by atoms with Crippen LogP contribution < -0.4 is 15.1 Å². The lowest BCUT2D eigenvalue weighted by molar-refractivity contribution is 0.0589. The smallest absolute Gasteiger partial charge is 0.362 e. The molecule has 0 amide bonds. The molecular weight excluding hydrogens is 364 g/mol. The van der Waals surface area contributed by atoms with Gasteiger partial charge in [-0.05, 0) is 0 Å². The van der Waals surface area contributed by atoms with Crippen molar-refractivity contribution >= 4 is 11.7 Å². The van der Waals surface area contributed by atoms with Crippen LogP contribution in [0.15, 0.2) is 23.1 Å². The van der Waals surface area contributed by atoms with Crippen molar-refractivity contribution in [3.05, 3.63) is 45.9 Å². The fraction of sp³-hybridized carbons (Fsp3) is 0.353. The van der Waals surface area contributed by atoms with Crippen LogP contribution in [0.4, 0.5) is 14.5 Å². The van der Waals surface area contributed by atoms with Crippen molar-refractivity contribution in [3.8, 4) is 11.4 Å². The number of carbonyl (C=O) groups excluding carboxylic acids is 1. The van der Waals surface area contributed by atoms with Crippen LogP contribution in [0.25, 0.3) is 5.69 Å². The van der Waals surface area contributed by atoms with Crippen LogP contribution in [0, 0.1) is 11.6 Å². The molecule has 1 saturated heterocycles. The summed E-state index contributed by atoms with van der Waals surface area (Å²) in [6, 6.07) is 1.98. The second-order valence-electron chi connectivity index (χ2n) is 5.67. The van der Waals surface area contributed by atoms with Gasteiger partial charge in [0.15, 0.2) is 11.6 Å². The molecular formula is C17H17F2N3O5. The monoisotopic (exact) mass is 381 g/mol. The van der Waals surface area contributed by atoms with Gasteiger partial charge in [-0.1, -0.05) is 0 Å². The molecule has 1 aromatic heterocycles. The molecule has 0 radical (unpaired) electrons. The summed E-state index contributed by atoms with van der Waals surface area (Å²) < 4.78 is 44.8. The number of benzene rings is 1. The number of hydrogen-bond donors (Lipinski definition) is 0. The van der Waals surface area contributed by atoms with Crippen LogP contribution in [0.5, 0.6) is 5.75 Å². The molecule has 0 unspecified atom stereocenters. The normalized spacial score (nSPS) is 14.1. The van der Waals surface area contributed by atoms with E-state index in [0.29, 0.717) is 26.3 Å². The van der Waals surface area contributed by atoms with Crippen LogP contribution in [0.1, 0.15) is 10.5 Å². The first-order valence-electron chi connectivity index (χ1n) is 8.04. The Bertz CT molecular complexity index is 926. The molecule has 1 aliphatic heterocycles. The van der Waals surface area contributed by atoms with Gasteiger partial charge in [-0.25, -0.2) is 18.3 Å². The predicted molar refractivity (Wildman–Crippen MR) is 90.7 cm³/mol. The Morgan fingerprint density at radius 2 is 1.78 bits per heavy atom. The number of halogens is 2. The minimum atomic E-state index is -1.02. The first-order valence-corrected chi connectivity index (χ1v) is 8.04. The van der Waals surface area contributed by atoms with E-state index in [0.717, 1.165) is 30.1 Å². The Kier molecular flexibility index (Phi) is 5.36. The molecule has 1 aliphatic rings. The molecule has 1 fully saturated rings. The zero-order valence-corrected chi connectivity index (χ0v) is 14.7. The average Bonchev–Trinajstić information content (AvgIpc) is 2.69. The van der Waals surface area contributed by atoms with Crippen molar-refractivity contribution < 1.29 is 27.8 Å². The maximum Gasteiger partial charge on any atom is 0.362 e. The Morgan fingerprint density at radius 3 is 2.41 bits per heavy atom. The summed E-state index contributed by atoms with van der Waals surface area (Å²) in [6.45, 7) is 1.71. The lowest BCUT2D eigenvalue weighted by Gasteiger charge is -2.29. The van der Waals surface area contributed by atoms with Gasteiger partial charge in [-0.2, -0.15) is 5.10 Å². The summed E-state index contributed by atoms with van der Waals surface area (Å²) in [5.74, 6) is -2.74. The van der Waals surface area contributed by atoms with E-state index >= 15 is 0 Å². The third kappa shape index (κ3) is 3.61. The molecule has 0 N–H and O–H groups in total. The maximum absolute atomic E-state index is 14.7. The molecule has 2 aromatic rings. The SMILES string of the molecule is COC(=O)c1nn(-c2cc(F)c(N3CCOCC3)cc2F)cc(OC)c1=O. The Labute approximate surface area is 152 Å². The molecule has 0 bridgehead atoms. The Hall–Kier alpha value is -3.01. The highest BCUT2D eigenvalue weighted by atomic mass is 19.1. The standard InChI is InChI=1S/C17H17F2N3O5/c1-25-14-9-22(20-15(16(14)23)17(24)26-2)13-8-10(18)12(7-11(13)19)21-3-5-27-6-4-21/h7-9H,3-6H2,1-2H3. The summed E-state index contributed by atoms with van der Waals surface area (Å²) in [5, 5.41) is 3.78. The number of hydrogen-bond acceptors (Lipinski definition) is 7. The van der Waals surface area contributed by atoms with Gasteiger partial charge < -0.3 is 19.1 Å². The van der Waals surface area contributed by atoms with E-state index in [1.807, 2.05) is 0 Å². The number of aromatic nitrogens is 2. The molecule has 8 nitrogen and oxygen atoms in total. The van der Waals surface area contributed by atoms with Crippen molar-refractivity contribution in [2.45, 2.75) is 0 Å². The minimum Gasteiger partial charge on any atom is -0.491 e. The summed E-state index contributed by atoms with van der Waals surface area (Å²) in [5.41, 5.74) is -1.60. The van der Waals surface area contributed by atoms with Crippen molar-refractivity contribution in [1.29, 1.82) is 0 Å². The van der Waals surface area contributed by atoms with E-state index < -0.39 is 28.7 Å². The Balaban J connectivity index is 2.09. The highest BCUT2D eigenvalue weighted by molar-refractivity contribution is 5.87. The van der Waals surface area contributed by atoms with Crippen LogP contribution in [-0.4, -0.2) is 56.3 Å². The van der Waals surface area contributed by atoms with E-state index in [4.69, 9.17) is 9.47 Å². The molecule has 1 aromatic carbocycles. The number of nitrogens with zero attached hydrogens (tertiary/aromatic N) is 3. The number of ether oxygens (including phenoxy) is 3. The second kappa shape index (κ2) is 7.70. The van der Waals surface area contributed by atoms with Crippen molar-refractivity contribution in [1.82, 2.24) is 9.78 Å². The first kappa shape index (κ1) is 18.8. The van der Waals surface area contributed by atoms with Crippen molar-refractivity contribution in [2.75, 3.05) is 45.4 Å². The maximum atomic E-state index is 14.7. The predicted octanol–water partition coefficient (Wildman–Crippen LogP) is 1.14. The third-order valence-electron chi connectivity index (χ3n) is 4.10. The summed E-state index contributed by atoms with van der Waals surface area (Å²) in [7, 11) is 2.28. The lowest BCUT2D eigenvalue weighted by atomic mass is 10.2. The number of morpholine rings is 1. The molecule has 0 saturated carbocycles. The molecule has 0 aliphatic carbocycles. The van der Waals surface area contributed by atoms with Crippen molar-refractivity contribution in [3.63, 3.8) is 0 Å². The van der Waals surface area contributed by atoms with Gasteiger partial charge in [0, 0.05) is 25.2 Å². The van der Waals surface area contributed by atoms with Crippen molar-refractivity contribution in [2.24, 2.45) is 0 Å². The van der Waals surface area contributed by atoms with E-state index in [-0.39, 0.29) is 17.1 Å². The number of anilines is 1. The van der Waals surface area contributed by atoms with Gasteiger partial charge in [0.2, 0.25) is 5.69 Å². The van der Waals surface area contributed by atoms with Gasteiger partial charge in [-0.15, -0.1) is 0 Å². The van der Waals surface area contributed by atoms with Crippen LogP contribution in [0.2, 0.25) is 0 Å². The van der Waals surface area contributed by atoms with Gasteiger partial charge >= 0.3 is 5.97 Å². The van der Waals surface area contributed by atoms with E-state index in [2.05, 4.69) is 9.84 Å². The van der Waals surface area contributed by atoms with Crippen LogP contribution in [-0.2, 0) is 9.47 Å². The average molecular weight is 381 g/mol. The quantitative estimate of drug-likeness (QED) is 0.735. The van der Waals surface area contributed by atoms with E-state index in [9.17, 15) is 18.4 Å². The fourth-order valence-corrected chi connectivity index (χ4v) is 2.72. The van der Waals surface area contributed by atoms with E-state index in [1.54, 1.807) is 4.90 Å². The number of esters is 1. The van der Waals surface area contributed by atoms with Gasteiger partial charge in [0.05, 0.1) is 39.3 Å². The Morgan fingerprint density at radius 1 is 1.15 bits per heavy atom. The molecule has 2 heterocycles. The molecule has 144 valence electrons. The zero-order chi connectivity index (χ0) is 19.6. The van der Waals surface area contributed by atoms with E-state index in [1.165, 1.54) is 7.11 Å². The molecule has 3 rings (SSSR count). The zero-order valence-electron chi connectivity index (χ0n) is 14.7. The molecule has 0 atom stereocenters.